The molecule has 0 aromatic carbocycles. The van der Waals surface area contributed by atoms with Crippen LogP contribution in [0.1, 0.15) is 20.3 Å². The summed E-state index contributed by atoms with van der Waals surface area (Å²) in [6.07, 6.45) is 1.64. The van der Waals surface area contributed by atoms with Crippen molar-refractivity contribution in [1.82, 2.24) is 4.90 Å². The van der Waals surface area contributed by atoms with Crippen molar-refractivity contribution in [2.75, 3.05) is 13.6 Å². The van der Waals surface area contributed by atoms with Gasteiger partial charge < -0.3 is 4.74 Å². The SMILES string of the molecule is CC1CC(N(C)CC#N)C(C)O1. The van der Waals surface area contributed by atoms with Gasteiger partial charge in [-0.1, -0.05) is 0 Å². The van der Waals surface area contributed by atoms with Crippen molar-refractivity contribution in [3.8, 4) is 6.07 Å². The van der Waals surface area contributed by atoms with Crippen LogP contribution >= 0.6 is 0 Å². The Balaban J connectivity index is 2.47. The maximum atomic E-state index is 8.52. The Morgan fingerprint density at radius 2 is 2.25 bits per heavy atom. The van der Waals surface area contributed by atoms with Gasteiger partial charge in [-0.05, 0) is 27.3 Å². The fraction of sp³-hybridized carbons (Fsp3) is 0.889. The minimum absolute atomic E-state index is 0.262. The minimum atomic E-state index is 0.262. The molecule has 0 radical (unpaired) electrons. The van der Waals surface area contributed by atoms with Crippen LogP contribution in [0.4, 0.5) is 0 Å². The number of likely N-dealkylation sites (N-methyl/N-ethyl adjacent to an activating group) is 1. The van der Waals surface area contributed by atoms with E-state index < -0.39 is 0 Å². The van der Waals surface area contributed by atoms with Crippen LogP contribution in [0.3, 0.4) is 0 Å². The average molecular weight is 168 g/mol. The molecule has 0 N–H and O–H groups in total. The first-order chi connectivity index (χ1) is 5.65. The number of rotatable bonds is 2. The van der Waals surface area contributed by atoms with Gasteiger partial charge in [-0.2, -0.15) is 5.26 Å². The number of nitriles is 1. The summed E-state index contributed by atoms with van der Waals surface area (Å²) in [5.74, 6) is 0. The lowest BCUT2D eigenvalue weighted by molar-refractivity contribution is 0.0477. The lowest BCUT2D eigenvalue weighted by Crippen LogP contribution is -2.36. The molecule has 1 rings (SSSR count). The van der Waals surface area contributed by atoms with Crippen LogP contribution in [0.25, 0.3) is 0 Å². The lowest BCUT2D eigenvalue weighted by Gasteiger charge is -2.23. The molecule has 0 bridgehead atoms. The molecule has 0 saturated carbocycles. The van der Waals surface area contributed by atoms with E-state index >= 15 is 0 Å². The van der Waals surface area contributed by atoms with E-state index in [0.717, 1.165) is 6.42 Å². The van der Waals surface area contributed by atoms with Crippen molar-refractivity contribution in [2.45, 2.75) is 38.5 Å². The quantitative estimate of drug-likeness (QED) is 0.577. The molecule has 3 nitrogen and oxygen atoms in total. The maximum absolute atomic E-state index is 8.52. The maximum Gasteiger partial charge on any atom is 0.0866 e. The second-order valence-electron chi connectivity index (χ2n) is 3.53. The van der Waals surface area contributed by atoms with E-state index in [4.69, 9.17) is 10.00 Å². The summed E-state index contributed by atoms with van der Waals surface area (Å²) >= 11 is 0. The molecular formula is C9H16N2O. The van der Waals surface area contributed by atoms with Gasteiger partial charge in [0.1, 0.15) is 0 Å². The summed E-state index contributed by atoms with van der Waals surface area (Å²) in [4.78, 5) is 2.06. The largest absolute Gasteiger partial charge is 0.374 e. The number of nitrogens with zero attached hydrogens (tertiary/aromatic N) is 2. The van der Waals surface area contributed by atoms with E-state index in [9.17, 15) is 0 Å². The number of hydrogen-bond acceptors (Lipinski definition) is 3. The molecule has 68 valence electrons. The zero-order valence-electron chi connectivity index (χ0n) is 7.95. The molecular weight excluding hydrogens is 152 g/mol. The highest BCUT2D eigenvalue weighted by Crippen LogP contribution is 2.23. The monoisotopic (exact) mass is 168 g/mol. The molecule has 3 unspecified atom stereocenters. The van der Waals surface area contributed by atoms with Gasteiger partial charge in [0.05, 0.1) is 24.8 Å². The topological polar surface area (TPSA) is 36.3 Å². The summed E-state index contributed by atoms with van der Waals surface area (Å²) in [5, 5.41) is 8.52. The smallest absolute Gasteiger partial charge is 0.0866 e. The van der Waals surface area contributed by atoms with E-state index in [1.807, 2.05) is 7.05 Å². The normalized spacial score (nSPS) is 35.4. The molecule has 0 aliphatic carbocycles. The average Bonchev–Trinajstić information content (AvgIpc) is 2.30. The highest BCUT2D eigenvalue weighted by atomic mass is 16.5. The van der Waals surface area contributed by atoms with Crippen molar-refractivity contribution in [3.05, 3.63) is 0 Å². The first-order valence-corrected chi connectivity index (χ1v) is 4.37. The van der Waals surface area contributed by atoms with E-state index in [0.29, 0.717) is 18.7 Å². The molecule has 0 aromatic heterocycles. The highest BCUT2D eigenvalue weighted by molar-refractivity contribution is 4.88. The highest BCUT2D eigenvalue weighted by Gasteiger charge is 2.31. The van der Waals surface area contributed by atoms with E-state index in [-0.39, 0.29) is 6.10 Å². The Labute approximate surface area is 73.9 Å². The van der Waals surface area contributed by atoms with E-state index in [2.05, 4.69) is 24.8 Å². The summed E-state index contributed by atoms with van der Waals surface area (Å²) in [7, 11) is 1.98. The Kier molecular flexibility index (Phi) is 3.07. The molecule has 1 saturated heterocycles. The zero-order valence-corrected chi connectivity index (χ0v) is 7.95. The van der Waals surface area contributed by atoms with Gasteiger partial charge in [0.2, 0.25) is 0 Å². The molecule has 3 heteroatoms. The standard InChI is InChI=1S/C9H16N2O/c1-7-6-9(8(2)12-7)11(3)5-4-10/h7-9H,5-6H2,1-3H3. The van der Waals surface area contributed by atoms with Crippen LogP contribution in [-0.4, -0.2) is 36.7 Å². The number of ether oxygens (including phenoxy) is 1. The third-order valence-corrected chi connectivity index (χ3v) is 2.45. The Morgan fingerprint density at radius 3 is 2.67 bits per heavy atom. The van der Waals surface area contributed by atoms with Gasteiger partial charge in [0.25, 0.3) is 0 Å². The van der Waals surface area contributed by atoms with Gasteiger partial charge in [0, 0.05) is 6.04 Å². The van der Waals surface area contributed by atoms with Crippen molar-refractivity contribution in [3.63, 3.8) is 0 Å². The molecule has 0 amide bonds. The molecule has 0 aromatic rings. The number of hydrogen-bond donors (Lipinski definition) is 0. The Bertz CT molecular complexity index is 187. The van der Waals surface area contributed by atoms with Gasteiger partial charge in [-0.15, -0.1) is 0 Å². The zero-order chi connectivity index (χ0) is 9.14. The summed E-state index contributed by atoms with van der Waals surface area (Å²) in [5.41, 5.74) is 0. The van der Waals surface area contributed by atoms with Crippen molar-refractivity contribution in [2.24, 2.45) is 0 Å². The van der Waals surface area contributed by atoms with Gasteiger partial charge in [-0.25, -0.2) is 0 Å². The van der Waals surface area contributed by atoms with Crippen molar-refractivity contribution >= 4 is 0 Å². The first-order valence-electron chi connectivity index (χ1n) is 4.37. The molecule has 1 aliphatic rings. The fourth-order valence-electron chi connectivity index (χ4n) is 1.81. The van der Waals surface area contributed by atoms with Gasteiger partial charge in [0.15, 0.2) is 0 Å². The van der Waals surface area contributed by atoms with Gasteiger partial charge in [-0.3, -0.25) is 4.90 Å². The Morgan fingerprint density at radius 1 is 1.58 bits per heavy atom. The van der Waals surface area contributed by atoms with E-state index in [1.165, 1.54) is 0 Å². The summed E-state index contributed by atoms with van der Waals surface area (Å²) in [6.45, 7) is 4.64. The van der Waals surface area contributed by atoms with Crippen molar-refractivity contribution in [1.29, 1.82) is 5.26 Å². The van der Waals surface area contributed by atoms with Crippen LogP contribution in [0.2, 0.25) is 0 Å². The molecule has 1 aliphatic heterocycles. The molecule has 1 heterocycles. The summed E-state index contributed by atoms with van der Waals surface area (Å²) in [6, 6.07) is 2.57. The molecule has 1 fully saturated rings. The third-order valence-electron chi connectivity index (χ3n) is 2.45. The second-order valence-corrected chi connectivity index (χ2v) is 3.53. The third kappa shape index (κ3) is 1.96. The van der Waals surface area contributed by atoms with Crippen molar-refractivity contribution < 1.29 is 4.74 Å². The van der Waals surface area contributed by atoms with Crippen LogP contribution in [0, 0.1) is 11.3 Å². The molecule has 12 heavy (non-hydrogen) atoms. The fourth-order valence-corrected chi connectivity index (χ4v) is 1.81. The van der Waals surface area contributed by atoms with Crippen LogP contribution in [-0.2, 0) is 4.74 Å². The Hall–Kier alpha value is -0.590. The summed E-state index contributed by atoms with van der Waals surface area (Å²) < 4.78 is 5.59. The predicted molar refractivity (Wildman–Crippen MR) is 46.7 cm³/mol. The minimum Gasteiger partial charge on any atom is -0.374 e. The van der Waals surface area contributed by atoms with Gasteiger partial charge >= 0.3 is 0 Å². The van der Waals surface area contributed by atoms with Crippen LogP contribution in [0.5, 0.6) is 0 Å². The lowest BCUT2D eigenvalue weighted by atomic mass is 10.1. The first kappa shape index (κ1) is 9.50. The second kappa shape index (κ2) is 3.88. The van der Waals surface area contributed by atoms with E-state index in [1.54, 1.807) is 0 Å². The molecule has 0 spiro atoms. The molecule has 3 atom stereocenters. The van der Waals surface area contributed by atoms with Crippen LogP contribution < -0.4 is 0 Å². The van der Waals surface area contributed by atoms with Crippen LogP contribution in [0.15, 0.2) is 0 Å². The predicted octanol–water partition coefficient (Wildman–Crippen LogP) is 1.01.